The van der Waals surface area contributed by atoms with Gasteiger partial charge in [0.05, 0.1) is 11.4 Å². The second kappa shape index (κ2) is 8.38. The first-order valence-corrected chi connectivity index (χ1v) is 11.8. The Bertz CT molecular complexity index is 1240. The maximum atomic E-state index is 13.8. The van der Waals surface area contributed by atoms with Gasteiger partial charge >= 0.3 is 0 Å². The van der Waals surface area contributed by atoms with Crippen molar-refractivity contribution in [2.75, 3.05) is 6.54 Å². The molecule has 1 aliphatic rings. The van der Waals surface area contributed by atoms with Crippen LogP contribution in [0.2, 0.25) is 10.0 Å². The van der Waals surface area contributed by atoms with Crippen molar-refractivity contribution in [2.24, 2.45) is 5.73 Å². The zero-order valence-corrected chi connectivity index (χ0v) is 19.0. The van der Waals surface area contributed by atoms with E-state index in [1.54, 1.807) is 54.6 Å². The number of hydrogen-bond donors (Lipinski definition) is 3. The highest BCUT2D eigenvalue weighted by atomic mass is 35.5. The molecule has 0 spiro atoms. The molecule has 3 aromatic carbocycles. The van der Waals surface area contributed by atoms with Gasteiger partial charge in [-0.05, 0) is 47.5 Å². The van der Waals surface area contributed by atoms with Crippen LogP contribution in [0.15, 0.2) is 83.8 Å². The van der Waals surface area contributed by atoms with Gasteiger partial charge in [0, 0.05) is 10.0 Å². The molecule has 4 rings (SSSR count). The zero-order valence-electron chi connectivity index (χ0n) is 16.7. The monoisotopic (exact) mass is 490 g/mol. The van der Waals surface area contributed by atoms with Crippen LogP contribution >= 0.6 is 23.2 Å². The minimum absolute atomic E-state index is 0.0515. The summed E-state index contributed by atoms with van der Waals surface area (Å²) in [6.07, 6.45) is 0. The van der Waals surface area contributed by atoms with Crippen LogP contribution in [0.3, 0.4) is 0 Å². The number of hydrogen-bond acceptors (Lipinski definition) is 4. The van der Waals surface area contributed by atoms with Crippen molar-refractivity contribution >= 4 is 39.2 Å². The normalized spacial score (nSPS) is 21.6. The lowest BCUT2D eigenvalue weighted by atomic mass is 9.84. The summed E-state index contributed by atoms with van der Waals surface area (Å²) in [6.45, 7) is -0.244. The maximum Gasteiger partial charge on any atom is 0.260 e. The number of aliphatic hydroxyl groups is 1. The van der Waals surface area contributed by atoms with Gasteiger partial charge in [0.1, 0.15) is 11.6 Å². The Hall–Kier alpha value is -2.62. The van der Waals surface area contributed by atoms with Gasteiger partial charge in [0.2, 0.25) is 5.96 Å². The molecule has 7 nitrogen and oxygen atoms in total. The molecule has 1 saturated heterocycles. The van der Waals surface area contributed by atoms with Crippen LogP contribution in [0.5, 0.6) is 0 Å². The molecule has 0 radical (unpaired) electrons. The lowest BCUT2D eigenvalue weighted by Crippen LogP contribution is -2.48. The minimum atomic E-state index is -4.25. The third-order valence-corrected chi connectivity index (χ3v) is 7.67. The molecule has 2 unspecified atom stereocenters. The second-order valence-corrected chi connectivity index (χ2v) is 10.1. The molecule has 10 heteroatoms. The molecule has 0 aliphatic carbocycles. The van der Waals surface area contributed by atoms with Crippen LogP contribution in [0.4, 0.5) is 0 Å². The number of nitrogens with zero attached hydrogens (tertiary/aromatic N) is 2. The molecule has 0 aromatic heterocycles. The zero-order chi connectivity index (χ0) is 23.1. The van der Waals surface area contributed by atoms with Crippen LogP contribution < -0.4 is 5.73 Å². The Morgan fingerprint density at radius 2 is 1.50 bits per heavy atom. The van der Waals surface area contributed by atoms with E-state index in [-0.39, 0.29) is 11.4 Å². The third kappa shape index (κ3) is 3.85. The highest BCUT2D eigenvalue weighted by Crippen LogP contribution is 2.48. The number of nitrogens with two attached hydrogens (primary N) is 1. The number of benzene rings is 3. The van der Waals surface area contributed by atoms with E-state index >= 15 is 0 Å². The van der Waals surface area contributed by atoms with Crippen molar-refractivity contribution in [1.29, 1.82) is 5.41 Å². The van der Waals surface area contributed by atoms with Crippen LogP contribution in [0.25, 0.3) is 0 Å². The summed E-state index contributed by atoms with van der Waals surface area (Å²) in [6, 6.07) is 19.8. The summed E-state index contributed by atoms with van der Waals surface area (Å²) in [4.78, 5) is -0.0515. The summed E-state index contributed by atoms with van der Waals surface area (Å²) >= 11 is 12.0. The van der Waals surface area contributed by atoms with Gasteiger partial charge < -0.3 is 10.8 Å². The van der Waals surface area contributed by atoms with Crippen LogP contribution in [0, 0.1) is 5.41 Å². The SMILES string of the molecule is N=C(N)N1CC(O)(c2ccccc2)C(c2ccc(Cl)cc2)N1S(=O)(=O)c1ccc(Cl)cc1. The predicted molar refractivity (Wildman–Crippen MR) is 124 cm³/mol. The fraction of sp³-hybridized carbons (Fsp3) is 0.136. The molecule has 0 amide bonds. The summed E-state index contributed by atoms with van der Waals surface area (Å²) in [5.41, 5.74) is 5.07. The molecule has 0 saturated carbocycles. The predicted octanol–water partition coefficient (Wildman–Crippen LogP) is 3.74. The first-order chi connectivity index (χ1) is 15.1. The second-order valence-electron chi connectivity index (χ2n) is 7.42. The molecule has 1 aliphatic heterocycles. The Morgan fingerprint density at radius 1 is 0.969 bits per heavy atom. The van der Waals surface area contributed by atoms with E-state index in [4.69, 9.17) is 34.3 Å². The number of sulfonamides is 1. The summed E-state index contributed by atoms with van der Waals surface area (Å²) in [5, 5.41) is 21.9. The van der Waals surface area contributed by atoms with Crippen molar-refractivity contribution in [2.45, 2.75) is 16.5 Å². The Labute approximate surface area is 196 Å². The smallest absolute Gasteiger partial charge is 0.260 e. The van der Waals surface area contributed by atoms with Crippen molar-refractivity contribution in [1.82, 2.24) is 9.42 Å². The third-order valence-electron chi connectivity index (χ3n) is 5.40. The molecule has 0 bridgehead atoms. The molecule has 2 atom stereocenters. The number of β-amino-alcohol motifs (C(OH)–C–C–N with tert-alkyl or cyclic N) is 1. The summed E-state index contributed by atoms with van der Waals surface area (Å²) < 4.78 is 28.5. The first kappa shape index (κ1) is 22.6. The number of guanidine groups is 1. The van der Waals surface area contributed by atoms with E-state index in [1.807, 2.05) is 0 Å². The first-order valence-electron chi connectivity index (χ1n) is 9.59. The molecular weight excluding hydrogens is 471 g/mol. The number of nitrogens with one attached hydrogen (secondary N) is 1. The molecule has 1 heterocycles. The standard InChI is InChI=1S/C22H20Cl2N4O3S/c23-17-8-6-15(7-9-17)20-22(29,16-4-2-1-3-5-16)14-27(21(25)26)28(20)32(30,31)19-12-10-18(24)11-13-19/h1-13,20,29H,14H2,(H3,25,26). The van der Waals surface area contributed by atoms with Gasteiger partial charge in [0.25, 0.3) is 10.0 Å². The summed E-state index contributed by atoms with van der Waals surface area (Å²) in [5.74, 6) is -0.520. The van der Waals surface area contributed by atoms with E-state index in [2.05, 4.69) is 0 Å². The van der Waals surface area contributed by atoms with Gasteiger partial charge in [-0.25, -0.2) is 8.42 Å². The fourth-order valence-corrected chi connectivity index (χ4v) is 5.83. The molecular formula is C22H20Cl2N4O3S. The van der Waals surface area contributed by atoms with Crippen molar-refractivity contribution in [3.63, 3.8) is 0 Å². The van der Waals surface area contributed by atoms with E-state index in [1.165, 1.54) is 24.3 Å². The fourth-order valence-electron chi connectivity index (χ4n) is 3.91. The number of hydrazine groups is 1. The molecule has 32 heavy (non-hydrogen) atoms. The summed E-state index contributed by atoms with van der Waals surface area (Å²) in [7, 11) is -4.25. The largest absolute Gasteiger partial charge is 0.381 e. The Kier molecular flexibility index (Phi) is 5.91. The Balaban J connectivity index is 1.96. The average Bonchev–Trinajstić information content (AvgIpc) is 3.11. The van der Waals surface area contributed by atoms with Gasteiger partial charge in [-0.2, -0.15) is 0 Å². The number of rotatable bonds is 4. The molecule has 166 valence electrons. The highest BCUT2D eigenvalue weighted by molar-refractivity contribution is 7.89. The maximum absolute atomic E-state index is 13.8. The average molecular weight is 491 g/mol. The van der Waals surface area contributed by atoms with Crippen molar-refractivity contribution in [3.8, 4) is 0 Å². The highest BCUT2D eigenvalue weighted by Gasteiger charge is 2.57. The van der Waals surface area contributed by atoms with Crippen molar-refractivity contribution in [3.05, 3.63) is 100 Å². The van der Waals surface area contributed by atoms with Gasteiger partial charge in [-0.3, -0.25) is 10.4 Å². The minimum Gasteiger partial charge on any atom is -0.381 e. The lowest BCUT2D eigenvalue weighted by Gasteiger charge is -2.34. The van der Waals surface area contributed by atoms with E-state index in [0.717, 1.165) is 9.42 Å². The van der Waals surface area contributed by atoms with E-state index < -0.39 is 27.6 Å². The topological polar surface area (TPSA) is 111 Å². The quantitative estimate of drug-likeness (QED) is 0.381. The van der Waals surface area contributed by atoms with Crippen LogP contribution in [-0.4, -0.2) is 35.5 Å². The molecule has 3 aromatic rings. The molecule has 1 fully saturated rings. The van der Waals surface area contributed by atoms with Crippen LogP contribution in [0.1, 0.15) is 17.2 Å². The van der Waals surface area contributed by atoms with Crippen molar-refractivity contribution < 1.29 is 13.5 Å². The van der Waals surface area contributed by atoms with Crippen LogP contribution in [-0.2, 0) is 15.6 Å². The van der Waals surface area contributed by atoms with E-state index in [9.17, 15) is 13.5 Å². The Morgan fingerprint density at radius 3 is 2.03 bits per heavy atom. The van der Waals surface area contributed by atoms with Gasteiger partial charge in [0.15, 0.2) is 0 Å². The van der Waals surface area contributed by atoms with Gasteiger partial charge in [-0.1, -0.05) is 70.1 Å². The van der Waals surface area contributed by atoms with Gasteiger partial charge in [-0.15, -0.1) is 0 Å². The lowest BCUT2D eigenvalue weighted by molar-refractivity contribution is 0.0221. The van der Waals surface area contributed by atoms with E-state index in [0.29, 0.717) is 21.2 Å². The number of halogens is 2. The molecule has 4 N–H and O–H groups in total.